The van der Waals surface area contributed by atoms with E-state index in [0.29, 0.717) is 11.2 Å². The lowest BCUT2D eigenvalue weighted by molar-refractivity contribution is -0.139. The molecular formula is C18H21F3N4S. The van der Waals surface area contributed by atoms with Gasteiger partial charge in [-0.25, -0.2) is 9.97 Å². The van der Waals surface area contributed by atoms with Gasteiger partial charge in [0, 0.05) is 18.0 Å². The average Bonchev–Trinajstić information content (AvgIpc) is 2.56. The summed E-state index contributed by atoms with van der Waals surface area (Å²) in [5.41, 5.74) is 5.60. The zero-order chi connectivity index (χ0) is 18.9. The first kappa shape index (κ1) is 18.8. The second-order valence-corrected chi connectivity index (χ2v) is 8.20. The third-order valence-electron chi connectivity index (χ3n) is 4.59. The summed E-state index contributed by atoms with van der Waals surface area (Å²) in [5, 5.41) is 0.280. The summed E-state index contributed by atoms with van der Waals surface area (Å²) in [6, 6.07) is 5.39. The number of nitrogen functional groups attached to an aromatic ring is 1. The molecule has 0 saturated carbocycles. The van der Waals surface area contributed by atoms with Crippen LogP contribution in [0.2, 0.25) is 0 Å². The van der Waals surface area contributed by atoms with Gasteiger partial charge in [0.1, 0.15) is 10.8 Å². The first-order chi connectivity index (χ1) is 12.2. The van der Waals surface area contributed by atoms with Gasteiger partial charge in [-0.15, -0.1) is 0 Å². The van der Waals surface area contributed by atoms with Crippen LogP contribution < -0.4 is 10.6 Å². The summed E-state index contributed by atoms with van der Waals surface area (Å²) in [5.74, 6) is 0.820. The van der Waals surface area contributed by atoms with E-state index in [1.165, 1.54) is 12.1 Å². The smallest absolute Gasteiger partial charge is 0.381 e. The molecule has 0 unspecified atom stereocenters. The van der Waals surface area contributed by atoms with Crippen LogP contribution in [0.1, 0.15) is 32.3 Å². The number of hydrogen-bond acceptors (Lipinski definition) is 5. The zero-order valence-corrected chi connectivity index (χ0v) is 15.5. The van der Waals surface area contributed by atoms with Crippen LogP contribution in [-0.4, -0.2) is 23.1 Å². The minimum atomic E-state index is -4.42. The molecule has 0 atom stereocenters. The van der Waals surface area contributed by atoms with Gasteiger partial charge in [0.2, 0.25) is 0 Å². The fourth-order valence-corrected chi connectivity index (χ4v) is 3.75. The Labute approximate surface area is 155 Å². The highest BCUT2D eigenvalue weighted by Crippen LogP contribution is 2.40. The van der Waals surface area contributed by atoms with Crippen molar-refractivity contribution in [1.29, 1.82) is 0 Å². The molecule has 0 bridgehead atoms. The normalized spacial score (nSPS) is 17.3. The van der Waals surface area contributed by atoms with Crippen molar-refractivity contribution in [3.63, 3.8) is 0 Å². The number of hydrogen-bond donors (Lipinski definition) is 1. The van der Waals surface area contributed by atoms with Crippen LogP contribution >= 0.6 is 11.8 Å². The van der Waals surface area contributed by atoms with Gasteiger partial charge in [-0.1, -0.05) is 37.7 Å². The van der Waals surface area contributed by atoms with Crippen molar-refractivity contribution >= 4 is 23.4 Å². The maximum atomic E-state index is 13.1. The minimum absolute atomic E-state index is 0.0634. The lowest BCUT2D eigenvalue weighted by Gasteiger charge is -2.37. The molecule has 1 saturated heterocycles. The van der Waals surface area contributed by atoms with Crippen molar-refractivity contribution in [2.24, 2.45) is 5.41 Å². The van der Waals surface area contributed by atoms with Crippen LogP contribution in [0.25, 0.3) is 0 Å². The van der Waals surface area contributed by atoms with Crippen LogP contribution in [0, 0.1) is 5.41 Å². The molecule has 1 aromatic carbocycles. The van der Waals surface area contributed by atoms with Crippen LogP contribution in [-0.2, 0) is 6.18 Å². The average molecular weight is 382 g/mol. The van der Waals surface area contributed by atoms with Crippen molar-refractivity contribution < 1.29 is 13.2 Å². The van der Waals surface area contributed by atoms with Gasteiger partial charge in [-0.3, -0.25) is 0 Å². The van der Waals surface area contributed by atoms with E-state index in [2.05, 4.69) is 28.7 Å². The quantitative estimate of drug-likeness (QED) is 0.822. The Bertz CT molecular complexity index is 782. The second kappa shape index (κ2) is 6.98. The van der Waals surface area contributed by atoms with Gasteiger partial charge in [-0.05, 0) is 30.4 Å². The van der Waals surface area contributed by atoms with E-state index in [4.69, 9.17) is 5.73 Å². The first-order valence-corrected chi connectivity index (χ1v) is 9.19. The Morgan fingerprint density at radius 2 is 1.81 bits per heavy atom. The number of nitrogens with two attached hydrogens (primary N) is 1. The molecule has 26 heavy (non-hydrogen) atoms. The molecule has 2 N–H and O–H groups in total. The molecule has 1 aromatic heterocycles. The highest BCUT2D eigenvalue weighted by Gasteiger charge is 2.33. The van der Waals surface area contributed by atoms with Crippen molar-refractivity contribution in [1.82, 2.24) is 9.97 Å². The molecule has 1 aliphatic heterocycles. The fraction of sp³-hybridized carbons (Fsp3) is 0.444. The number of alkyl halides is 3. The summed E-state index contributed by atoms with van der Waals surface area (Å²) >= 11 is 0.886. The van der Waals surface area contributed by atoms with Gasteiger partial charge >= 0.3 is 6.18 Å². The lowest BCUT2D eigenvalue weighted by Crippen LogP contribution is -2.37. The Kier molecular flexibility index (Phi) is 5.05. The third kappa shape index (κ3) is 4.23. The van der Waals surface area contributed by atoms with Crippen LogP contribution in [0.15, 0.2) is 40.4 Å². The molecule has 0 radical (unpaired) electrons. The SMILES string of the molecule is CC1(C)CCN(c2cnc(Sc3ccccc3C(F)(F)F)c(N)n2)CC1. The van der Waals surface area contributed by atoms with E-state index in [-0.39, 0.29) is 15.7 Å². The van der Waals surface area contributed by atoms with Crippen LogP contribution in [0.4, 0.5) is 24.8 Å². The van der Waals surface area contributed by atoms with Crippen molar-refractivity contribution in [2.75, 3.05) is 23.7 Å². The van der Waals surface area contributed by atoms with E-state index in [1.54, 1.807) is 12.3 Å². The monoisotopic (exact) mass is 382 g/mol. The molecule has 4 nitrogen and oxygen atoms in total. The van der Waals surface area contributed by atoms with Gasteiger partial charge < -0.3 is 10.6 Å². The van der Waals surface area contributed by atoms with E-state index in [1.807, 2.05) is 0 Å². The molecule has 0 amide bonds. The summed E-state index contributed by atoms with van der Waals surface area (Å²) < 4.78 is 39.4. The molecule has 0 spiro atoms. The molecular weight excluding hydrogens is 361 g/mol. The maximum Gasteiger partial charge on any atom is 0.417 e. The Morgan fingerprint density at radius 3 is 2.42 bits per heavy atom. The molecule has 3 rings (SSSR count). The zero-order valence-electron chi connectivity index (χ0n) is 14.7. The Morgan fingerprint density at radius 1 is 1.15 bits per heavy atom. The second-order valence-electron chi connectivity index (χ2n) is 7.17. The maximum absolute atomic E-state index is 13.1. The van der Waals surface area contributed by atoms with Gasteiger partial charge in [0.05, 0.1) is 11.8 Å². The minimum Gasteiger partial charge on any atom is -0.381 e. The van der Waals surface area contributed by atoms with Gasteiger partial charge in [-0.2, -0.15) is 13.2 Å². The Balaban J connectivity index is 1.80. The molecule has 0 aliphatic carbocycles. The highest BCUT2D eigenvalue weighted by atomic mass is 32.2. The predicted molar refractivity (Wildman–Crippen MR) is 97.2 cm³/mol. The highest BCUT2D eigenvalue weighted by molar-refractivity contribution is 7.99. The molecule has 8 heteroatoms. The summed E-state index contributed by atoms with van der Waals surface area (Å²) in [6.45, 7) is 6.21. The number of anilines is 2. The molecule has 2 aromatic rings. The fourth-order valence-electron chi connectivity index (χ4n) is 2.85. The topological polar surface area (TPSA) is 55.0 Å². The lowest BCUT2D eigenvalue weighted by atomic mass is 9.83. The van der Waals surface area contributed by atoms with Gasteiger partial charge in [0.25, 0.3) is 0 Å². The predicted octanol–water partition coefficient (Wildman–Crippen LogP) is 4.86. The molecule has 2 heterocycles. The van der Waals surface area contributed by atoms with Crippen LogP contribution in [0.5, 0.6) is 0 Å². The van der Waals surface area contributed by atoms with E-state index in [0.717, 1.165) is 43.8 Å². The molecule has 1 fully saturated rings. The molecule has 140 valence electrons. The largest absolute Gasteiger partial charge is 0.417 e. The van der Waals surface area contributed by atoms with Crippen molar-refractivity contribution in [2.45, 2.75) is 42.8 Å². The number of piperidine rings is 1. The van der Waals surface area contributed by atoms with Crippen molar-refractivity contribution in [3.8, 4) is 0 Å². The number of halogens is 3. The number of rotatable bonds is 3. The first-order valence-electron chi connectivity index (χ1n) is 8.37. The number of benzene rings is 1. The summed E-state index contributed by atoms with van der Waals surface area (Å²) in [7, 11) is 0. The number of nitrogens with zero attached hydrogens (tertiary/aromatic N) is 3. The van der Waals surface area contributed by atoms with E-state index < -0.39 is 11.7 Å². The van der Waals surface area contributed by atoms with Crippen molar-refractivity contribution in [3.05, 3.63) is 36.0 Å². The molecule has 1 aliphatic rings. The van der Waals surface area contributed by atoms with Gasteiger partial charge in [0.15, 0.2) is 5.82 Å². The van der Waals surface area contributed by atoms with Crippen LogP contribution in [0.3, 0.4) is 0 Å². The standard InChI is InChI=1S/C18H21F3N4S/c1-17(2)7-9-25(10-8-17)14-11-23-16(15(22)24-14)26-13-6-4-3-5-12(13)18(19,20)21/h3-6,11H,7-10H2,1-2H3,(H2,22,24). The van der Waals surface area contributed by atoms with E-state index >= 15 is 0 Å². The Hall–Kier alpha value is -1.96. The number of aromatic nitrogens is 2. The third-order valence-corrected chi connectivity index (χ3v) is 5.68. The summed E-state index contributed by atoms with van der Waals surface area (Å²) in [6.07, 6.45) is -0.742. The van der Waals surface area contributed by atoms with E-state index in [9.17, 15) is 13.2 Å². The summed E-state index contributed by atoms with van der Waals surface area (Å²) in [4.78, 5) is 10.8.